The number of ether oxygens (including phenoxy) is 2. The highest BCUT2D eigenvalue weighted by Crippen LogP contribution is 2.32. The van der Waals surface area contributed by atoms with Crippen molar-refractivity contribution in [3.63, 3.8) is 0 Å². The van der Waals surface area contributed by atoms with Gasteiger partial charge in [0.2, 0.25) is 5.89 Å². The highest BCUT2D eigenvalue weighted by Gasteiger charge is 2.15. The number of carboxylic acid groups (broad SMARTS) is 1. The van der Waals surface area contributed by atoms with Gasteiger partial charge in [0.05, 0.1) is 6.20 Å². The molecule has 0 aliphatic carbocycles. The first-order valence-electron chi connectivity index (χ1n) is 9.02. The molecule has 0 saturated carbocycles. The van der Waals surface area contributed by atoms with E-state index in [4.69, 9.17) is 30.6 Å². The molecular weight excluding hydrogens is 429 g/mol. The summed E-state index contributed by atoms with van der Waals surface area (Å²) in [6, 6.07) is 7.24. The topological polar surface area (TPSA) is 108 Å². The third kappa shape index (κ3) is 4.56. The Morgan fingerprint density at radius 1 is 1.16 bits per heavy atom. The van der Waals surface area contributed by atoms with Crippen molar-refractivity contribution in [1.29, 1.82) is 0 Å². The van der Waals surface area contributed by atoms with Crippen molar-refractivity contribution in [2.24, 2.45) is 0 Å². The predicted octanol–water partition coefficient (Wildman–Crippen LogP) is 4.95. The molecule has 2 aromatic heterocycles. The van der Waals surface area contributed by atoms with E-state index in [1.165, 1.54) is 12.3 Å². The number of aryl methyl sites for hydroxylation is 2. The van der Waals surface area contributed by atoms with E-state index in [9.17, 15) is 9.18 Å². The fourth-order valence-corrected chi connectivity index (χ4v) is 3.23. The van der Waals surface area contributed by atoms with E-state index in [1.807, 2.05) is 0 Å². The largest absolute Gasteiger partial charge is 0.481 e. The smallest absolute Gasteiger partial charge is 0.341 e. The summed E-state index contributed by atoms with van der Waals surface area (Å²) in [5.74, 6) is -0.670. The molecule has 0 spiro atoms. The Morgan fingerprint density at radius 3 is 2.58 bits per heavy atom. The Labute approximate surface area is 180 Å². The summed E-state index contributed by atoms with van der Waals surface area (Å²) in [6.45, 7) is 3.16. The minimum Gasteiger partial charge on any atom is -0.481 e. The van der Waals surface area contributed by atoms with E-state index in [0.29, 0.717) is 22.7 Å². The van der Waals surface area contributed by atoms with E-state index >= 15 is 0 Å². The fourth-order valence-electron chi connectivity index (χ4n) is 3.02. The molecule has 1 N–H and O–H groups in total. The highest BCUT2D eigenvalue weighted by molar-refractivity contribution is 6.30. The summed E-state index contributed by atoms with van der Waals surface area (Å²) in [6.07, 6.45) is 1.43. The van der Waals surface area contributed by atoms with Crippen molar-refractivity contribution in [2.75, 3.05) is 6.61 Å². The molecule has 0 unspecified atom stereocenters. The summed E-state index contributed by atoms with van der Waals surface area (Å²) in [7, 11) is 0. The summed E-state index contributed by atoms with van der Waals surface area (Å²) in [4.78, 5) is 23.4. The standard InChI is InChI=1S/C21H15ClFN3O5/c1-10-3-12(4-11(2)18(10)29-9-17(27)28)19-25-16-8-24-21(26-20(16)31-19)30-15-6-13(22)5-14(23)7-15/h3-8H,9H2,1-2H3,(H,27,28). The molecule has 31 heavy (non-hydrogen) atoms. The summed E-state index contributed by atoms with van der Waals surface area (Å²) in [5, 5.41) is 8.99. The maximum atomic E-state index is 13.5. The van der Waals surface area contributed by atoms with Gasteiger partial charge in [0.15, 0.2) is 6.61 Å². The third-order valence-electron chi connectivity index (χ3n) is 4.22. The van der Waals surface area contributed by atoms with Gasteiger partial charge in [-0.05, 0) is 49.2 Å². The van der Waals surface area contributed by atoms with Gasteiger partial charge in [-0.2, -0.15) is 4.98 Å². The summed E-state index contributed by atoms with van der Waals surface area (Å²) < 4.78 is 30.0. The van der Waals surface area contributed by atoms with Crippen molar-refractivity contribution in [1.82, 2.24) is 15.0 Å². The lowest BCUT2D eigenvalue weighted by Gasteiger charge is -2.11. The van der Waals surface area contributed by atoms with E-state index in [2.05, 4.69) is 15.0 Å². The van der Waals surface area contributed by atoms with Gasteiger partial charge in [-0.3, -0.25) is 0 Å². The number of aliphatic carboxylic acids is 1. The molecule has 0 aliphatic rings. The minimum absolute atomic E-state index is 0.0540. The Hall–Kier alpha value is -3.72. The third-order valence-corrected chi connectivity index (χ3v) is 4.44. The second kappa shape index (κ2) is 8.19. The number of halogens is 2. The van der Waals surface area contributed by atoms with Crippen LogP contribution in [0, 0.1) is 19.7 Å². The van der Waals surface area contributed by atoms with Crippen molar-refractivity contribution in [3.05, 3.63) is 58.5 Å². The molecule has 0 atom stereocenters. The molecule has 0 fully saturated rings. The van der Waals surface area contributed by atoms with Gasteiger partial charge in [-0.1, -0.05) is 11.6 Å². The molecule has 0 aliphatic heterocycles. The molecule has 4 rings (SSSR count). The lowest BCUT2D eigenvalue weighted by molar-refractivity contribution is -0.139. The number of nitrogens with zero attached hydrogens (tertiary/aromatic N) is 3. The van der Waals surface area contributed by atoms with Gasteiger partial charge in [-0.25, -0.2) is 19.2 Å². The van der Waals surface area contributed by atoms with E-state index in [-0.39, 0.29) is 22.5 Å². The Morgan fingerprint density at radius 2 is 1.90 bits per heavy atom. The van der Waals surface area contributed by atoms with Gasteiger partial charge < -0.3 is 19.0 Å². The van der Waals surface area contributed by atoms with Crippen LogP contribution < -0.4 is 9.47 Å². The van der Waals surface area contributed by atoms with Crippen molar-refractivity contribution >= 4 is 28.8 Å². The highest BCUT2D eigenvalue weighted by atomic mass is 35.5. The van der Waals surface area contributed by atoms with Gasteiger partial charge in [0.25, 0.3) is 5.71 Å². The number of carbonyl (C=O) groups is 1. The summed E-state index contributed by atoms with van der Waals surface area (Å²) >= 11 is 5.83. The number of rotatable bonds is 6. The molecule has 0 saturated heterocycles. The molecule has 158 valence electrons. The first-order chi connectivity index (χ1) is 14.8. The van der Waals surface area contributed by atoms with Crippen LogP contribution in [0.2, 0.25) is 5.02 Å². The fraction of sp³-hybridized carbons (Fsp3) is 0.143. The van der Waals surface area contributed by atoms with Crippen LogP contribution in [0.4, 0.5) is 4.39 Å². The van der Waals surface area contributed by atoms with Crippen LogP contribution in [0.5, 0.6) is 17.5 Å². The number of benzene rings is 2. The maximum absolute atomic E-state index is 13.5. The summed E-state index contributed by atoms with van der Waals surface area (Å²) in [5.41, 5.74) is 2.72. The molecule has 0 bridgehead atoms. The van der Waals surface area contributed by atoms with Gasteiger partial charge in [-0.15, -0.1) is 0 Å². The first kappa shape index (κ1) is 20.5. The van der Waals surface area contributed by atoms with Crippen molar-refractivity contribution < 1.29 is 28.2 Å². The maximum Gasteiger partial charge on any atom is 0.341 e. The molecule has 8 nitrogen and oxygen atoms in total. The van der Waals surface area contributed by atoms with Crippen LogP contribution in [0.3, 0.4) is 0 Å². The van der Waals surface area contributed by atoms with Gasteiger partial charge in [0.1, 0.15) is 22.8 Å². The van der Waals surface area contributed by atoms with Crippen LogP contribution in [-0.4, -0.2) is 32.6 Å². The SMILES string of the molecule is Cc1cc(-c2nc3cnc(Oc4cc(F)cc(Cl)c4)nc3o2)cc(C)c1OCC(=O)O. The average Bonchev–Trinajstić information content (AvgIpc) is 3.09. The minimum atomic E-state index is -1.06. The van der Waals surface area contributed by atoms with Crippen LogP contribution in [-0.2, 0) is 4.79 Å². The molecule has 0 radical (unpaired) electrons. The Kier molecular flexibility index (Phi) is 5.43. The van der Waals surface area contributed by atoms with Crippen LogP contribution in [0.1, 0.15) is 11.1 Å². The van der Waals surface area contributed by atoms with E-state index in [1.54, 1.807) is 26.0 Å². The van der Waals surface area contributed by atoms with Crippen LogP contribution >= 0.6 is 11.6 Å². The average molecular weight is 444 g/mol. The lowest BCUT2D eigenvalue weighted by atomic mass is 10.1. The van der Waals surface area contributed by atoms with Crippen LogP contribution in [0.25, 0.3) is 22.7 Å². The number of aromatic nitrogens is 3. The molecule has 4 aromatic rings. The van der Waals surface area contributed by atoms with Crippen LogP contribution in [0.15, 0.2) is 40.9 Å². The second-order valence-corrected chi connectivity index (χ2v) is 7.13. The molecule has 10 heteroatoms. The Balaban J connectivity index is 1.63. The second-order valence-electron chi connectivity index (χ2n) is 6.69. The number of oxazole rings is 1. The molecule has 2 heterocycles. The molecular formula is C21H15ClFN3O5. The monoisotopic (exact) mass is 443 g/mol. The van der Waals surface area contributed by atoms with E-state index in [0.717, 1.165) is 23.3 Å². The zero-order valence-corrected chi connectivity index (χ0v) is 17.1. The van der Waals surface area contributed by atoms with Gasteiger partial charge in [0, 0.05) is 16.7 Å². The Bertz CT molecular complexity index is 1260. The first-order valence-corrected chi connectivity index (χ1v) is 9.40. The zero-order chi connectivity index (χ0) is 22.1. The lowest BCUT2D eigenvalue weighted by Crippen LogP contribution is -2.10. The predicted molar refractivity (Wildman–Crippen MR) is 109 cm³/mol. The number of fused-ring (bicyclic) bond motifs is 1. The molecule has 0 amide bonds. The number of hydrogen-bond acceptors (Lipinski definition) is 7. The van der Waals surface area contributed by atoms with Crippen molar-refractivity contribution in [2.45, 2.75) is 13.8 Å². The normalized spacial score (nSPS) is 11.0. The zero-order valence-electron chi connectivity index (χ0n) is 16.3. The number of hydrogen-bond donors (Lipinski definition) is 1. The van der Waals surface area contributed by atoms with Gasteiger partial charge >= 0.3 is 12.0 Å². The molecule has 2 aromatic carbocycles. The van der Waals surface area contributed by atoms with Crippen molar-refractivity contribution in [3.8, 4) is 29.0 Å². The quantitative estimate of drug-likeness (QED) is 0.446. The number of carboxylic acids is 1. The van der Waals surface area contributed by atoms with E-state index < -0.39 is 18.4 Å².